The maximum atomic E-state index is 14.7. The average molecular weight is 643 g/mol. The van der Waals surface area contributed by atoms with Crippen molar-refractivity contribution in [3.05, 3.63) is 89.2 Å². The lowest BCUT2D eigenvalue weighted by Gasteiger charge is -2.21. The molecule has 1 atom stereocenters. The third-order valence-corrected chi connectivity index (χ3v) is 8.03. The van der Waals surface area contributed by atoms with E-state index in [1.54, 1.807) is 24.3 Å². The second-order valence-corrected chi connectivity index (χ2v) is 11.8. The molecule has 0 bridgehead atoms. The molecule has 46 heavy (non-hydrogen) atoms. The predicted octanol–water partition coefficient (Wildman–Crippen LogP) is 11.5. The third-order valence-electron chi connectivity index (χ3n) is 8.03. The fourth-order valence-corrected chi connectivity index (χ4v) is 5.26. The number of benzene rings is 3. The van der Waals surface area contributed by atoms with Crippen molar-refractivity contribution < 1.29 is 36.6 Å². The minimum absolute atomic E-state index is 0.192. The quantitative estimate of drug-likeness (QED) is 0.0565. The minimum Gasteiger partial charge on any atom is -0.449 e. The normalized spacial score (nSPS) is 12.1. The van der Waals surface area contributed by atoms with Gasteiger partial charge < -0.3 is 9.47 Å². The van der Waals surface area contributed by atoms with E-state index < -0.39 is 42.0 Å². The SMILES string of the molecule is CCCCCCCCCCc1ccc(-c2ccc(C(=O)Oc3ccc(C(=O)OC(CCCCCC)C(F)(F)F)c(F)c3)cc2)cc1. The summed E-state index contributed by atoms with van der Waals surface area (Å²) in [6.07, 6.45) is 6.29. The molecule has 1 unspecified atom stereocenters. The summed E-state index contributed by atoms with van der Waals surface area (Å²) in [5.74, 6) is -3.51. The number of carbonyl (C=O) groups excluding carboxylic acids is 2. The van der Waals surface area contributed by atoms with Crippen molar-refractivity contribution in [1.82, 2.24) is 0 Å². The van der Waals surface area contributed by atoms with Gasteiger partial charge in [-0.25, -0.2) is 14.0 Å². The maximum absolute atomic E-state index is 14.7. The lowest BCUT2D eigenvalue weighted by molar-refractivity contribution is -0.206. The smallest absolute Gasteiger partial charge is 0.425 e. The molecule has 0 heterocycles. The van der Waals surface area contributed by atoms with Gasteiger partial charge in [-0.05, 0) is 66.6 Å². The molecule has 250 valence electrons. The highest BCUT2D eigenvalue weighted by atomic mass is 19.4. The molecule has 3 aromatic rings. The van der Waals surface area contributed by atoms with Crippen LogP contribution < -0.4 is 4.74 Å². The number of esters is 2. The summed E-state index contributed by atoms with van der Waals surface area (Å²) in [4.78, 5) is 25.1. The van der Waals surface area contributed by atoms with Crippen molar-refractivity contribution in [2.45, 2.75) is 116 Å². The van der Waals surface area contributed by atoms with Crippen molar-refractivity contribution >= 4 is 11.9 Å². The van der Waals surface area contributed by atoms with Crippen LogP contribution in [0.4, 0.5) is 17.6 Å². The number of unbranched alkanes of at least 4 members (excludes halogenated alkanes) is 10. The van der Waals surface area contributed by atoms with Crippen molar-refractivity contribution in [3.63, 3.8) is 0 Å². The first-order chi connectivity index (χ1) is 22.1. The van der Waals surface area contributed by atoms with Crippen LogP contribution in [-0.4, -0.2) is 24.2 Å². The Kier molecular flexibility index (Phi) is 15.3. The Morgan fingerprint density at radius 1 is 0.674 bits per heavy atom. The Bertz CT molecular complexity index is 1350. The van der Waals surface area contributed by atoms with E-state index in [0.29, 0.717) is 6.42 Å². The molecule has 3 rings (SSSR count). The average Bonchev–Trinajstić information content (AvgIpc) is 3.03. The van der Waals surface area contributed by atoms with Crippen LogP contribution in [0.3, 0.4) is 0 Å². The Morgan fingerprint density at radius 3 is 1.78 bits per heavy atom. The number of alkyl halides is 3. The van der Waals surface area contributed by atoms with Gasteiger partial charge in [-0.3, -0.25) is 0 Å². The summed E-state index contributed by atoms with van der Waals surface area (Å²) in [7, 11) is 0. The summed E-state index contributed by atoms with van der Waals surface area (Å²) < 4.78 is 64.7. The van der Waals surface area contributed by atoms with Crippen LogP contribution in [0.15, 0.2) is 66.7 Å². The fraction of sp³-hybridized carbons (Fsp3) is 0.474. The van der Waals surface area contributed by atoms with E-state index in [-0.39, 0.29) is 17.7 Å². The van der Waals surface area contributed by atoms with Gasteiger partial charge in [0, 0.05) is 6.07 Å². The Hall–Kier alpha value is -3.68. The van der Waals surface area contributed by atoms with Crippen LogP contribution in [0.25, 0.3) is 11.1 Å². The number of rotatable bonds is 19. The lowest BCUT2D eigenvalue weighted by Crippen LogP contribution is -2.34. The summed E-state index contributed by atoms with van der Waals surface area (Å²) in [5, 5.41) is 0. The van der Waals surface area contributed by atoms with E-state index in [2.05, 4.69) is 35.9 Å². The molecule has 0 fully saturated rings. The van der Waals surface area contributed by atoms with Gasteiger partial charge in [0.15, 0.2) is 6.10 Å². The molecule has 0 amide bonds. The van der Waals surface area contributed by atoms with Crippen LogP contribution in [0.2, 0.25) is 0 Å². The van der Waals surface area contributed by atoms with Crippen LogP contribution in [0, 0.1) is 5.82 Å². The van der Waals surface area contributed by atoms with Crippen molar-refractivity contribution in [2.75, 3.05) is 0 Å². The molecule has 0 radical (unpaired) electrons. The van der Waals surface area contributed by atoms with Crippen LogP contribution in [0.1, 0.15) is 124 Å². The van der Waals surface area contributed by atoms with Crippen LogP contribution >= 0.6 is 0 Å². The number of ether oxygens (including phenoxy) is 2. The zero-order valence-corrected chi connectivity index (χ0v) is 27.0. The highest BCUT2D eigenvalue weighted by Crippen LogP contribution is 2.29. The van der Waals surface area contributed by atoms with E-state index in [4.69, 9.17) is 4.74 Å². The highest BCUT2D eigenvalue weighted by molar-refractivity contribution is 5.92. The van der Waals surface area contributed by atoms with Gasteiger partial charge in [0.05, 0.1) is 11.1 Å². The molecule has 0 N–H and O–H groups in total. The number of halogens is 4. The van der Waals surface area contributed by atoms with Crippen molar-refractivity contribution in [3.8, 4) is 16.9 Å². The second kappa shape index (κ2) is 19.1. The van der Waals surface area contributed by atoms with Gasteiger partial charge in [-0.2, -0.15) is 13.2 Å². The van der Waals surface area contributed by atoms with Gasteiger partial charge in [0.25, 0.3) is 0 Å². The first-order valence-corrected chi connectivity index (χ1v) is 16.6. The topological polar surface area (TPSA) is 52.6 Å². The molecule has 0 saturated heterocycles. The zero-order valence-electron chi connectivity index (χ0n) is 27.0. The van der Waals surface area contributed by atoms with E-state index in [1.165, 1.54) is 56.9 Å². The van der Waals surface area contributed by atoms with Gasteiger partial charge in [0.2, 0.25) is 0 Å². The zero-order chi connectivity index (χ0) is 33.4. The molecule has 3 aromatic carbocycles. The van der Waals surface area contributed by atoms with E-state index in [0.717, 1.165) is 48.6 Å². The highest BCUT2D eigenvalue weighted by Gasteiger charge is 2.42. The second-order valence-electron chi connectivity index (χ2n) is 11.8. The number of hydrogen-bond donors (Lipinski definition) is 0. The molecule has 0 saturated carbocycles. The van der Waals surface area contributed by atoms with E-state index in [9.17, 15) is 27.2 Å². The number of hydrogen-bond acceptors (Lipinski definition) is 4. The Morgan fingerprint density at radius 2 is 1.22 bits per heavy atom. The monoisotopic (exact) mass is 642 g/mol. The first kappa shape index (κ1) is 36.8. The van der Waals surface area contributed by atoms with E-state index >= 15 is 0 Å². The molecule has 0 aromatic heterocycles. The molecule has 0 aliphatic rings. The van der Waals surface area contributed by atoms with Gasteiger partial charge >= 0.3 is 18.1 Å². The summed E-state index contributed by atoms with van der Waals surface area (Å²) in [5.41, 5.74) is 2.79. The Balaban J connectivity index is 1.51. The predicted molar refractivity (Wildman–Crippen MR) is 174 cm³/mol. The molecule has 0 spiro atoms. The summed E-state index contributed by atoms with van der Waals surface area (Å²) in [6, 6.07) is 18.1. The molecule has 0 aliphatic carbocycles. The van der Waals surface area contributed by atoms with Crippen LogP contribution in [0.5, 0.6) is 5.75 Å². The number of carbonyl (C=O) groups is 2. The maximum Gasteiger partial charge on any atom is 0.425 e. The largest absolute Gasteiger partial charge is 0.449 e. The fourth-order valence-electron chi connectivity index (χ4n) is 5.26. The van der Waals surface area contributed by atoms with E-state index in [1.807, 2.05) is 6.92 Å². The van der Waals surface area contributed by atoms with Gasteiger partial charge in [-0.15, -0.1) is 0 Å². The minimum atomic E-state index is -4.76. The molecule has 8 heteroatoms. The van der Waals surface area contributed by atoms with Crippen molar-refractivity contribution in [1.29, 1.82) is 0 Å². The number of aryl methyl sites for hydroxylation is 1. The molecule has 4 nitrogen and oxygen atoms in total. The van der Waals surface area contributed by atoms with Crippen molar-refractivity contribution in [2.24, 2.45) is 0 Å². The first-order valence-electron chi connectivity index (χ1n) is 16.6. The summed E-state index contributed by atoms with van der Waals surface area (Å²) >= 11 is 0. The molecular weight excluding hydrogens is 596 g/mol. The lowest BCUT2D eigenvalue weighted by atomic mass is 10.00. The third kappa shape index (κ3) is 12.3. The van der Waals surface area contributed by atoms with Gasteiger partial charge in [0.1, 0.15) is 11.6 Å². The molecule has 0 aliphatic heterocycles. The standard InChI is InChI=1S/C38H46F4O4/c1-3-5-7-9-10-11-12-13-15-28-17-19-29(20-18-28)30-21-23-31(24-22-30)36(43)45-32-25-26-33(34(39)27-32)37(44)46-35(38(40,41)42)16-14-8-6-4-2/h17-27,35H,3-16H2,1-2H3. The Labute approximate surface area is 270 Å². The van der Waals surface area contributed by atoms with Crippen LogP contribution in [-0.2, 0) is 11.2 Å². The summed E-state index contributed by atoms with van der Waals surface area (Å²) in [6.45, 7) is 4.16. The van der Waals surface area contributed by atoms with Gasteiger partial charge in [-0.1, -0.05) is 114 Å². The molecular formula is C38H46F4O4.